The molecule has 1 aromatic rings. The maximum atomic E-state index is 12.0. The zero-order valence-corrected chi connectivity index (χ0v) is 17.6. The predicted octanol–water partition coefficient (Wildman–Crippen LogP) is -0.260. The van der Waals surface area contributed by atoms with Crippen LogP contribution in [0.3, 0.4) is 0 Å². The van der Waals surface area contributed by atoms with E-state index in [0.29, 0.717) is 5.92 Å². The number of likely N-dealkylation sites (N-methyl/N-ethyl adjacent to an activating group) is 1. The van der Waals surface area contributed by atoms with Gasteiger partial charge in [0.05, 0.1) is 13.2 Å². The number of hydrogen-bond donors (Lipinski definition) is 2. The van der Waals surface area contributed by atoms with Crippen LogP contribution >= 0.6 is 0 Å². The number of nitrogens with one attached hydrogen (secondary N) is 2. The molecule has 2 aliphatic rings. The number of aromatic nitrogens is 3. The number of H-pyrrole nitrogens is 1. The average molecular weight is 407 g/mol. The van der Waals surface area contributed by atoms with Gasteiger partial charge in [-0.2, -0.15) is 5.10 Å². The Morgan fingerprint density at radius 2 is 2.07 bits per heavy atom. The third-order valence-electron chi connectivity index (χ3n) is 5.52. The van der Waals surface area contributed by atoms with Gasteiger partial charge in [-0.15, -0.1) is 0 Å². The summed E-state index contributed by atoms with van der Waals surface area (Å²) in [7, 11) is 3.52. The highest BCUT2D eigenvalue weighted by molar-refractivity contribution is 5.84. The summed E-state index contributed by atoms with van der Waals surface area (Å²) in [5.74, 6) is 2.21. The summed E-state index contributed by atoms with van der Waals surface area (Å²) >= 11 is 0. The molecule has 0 atom stereocenters. The molecule has 162 valence electrons. The zero-order valence-electron chi connectivity index (χ0n) is 17.6. The van der Waals surface area contributed by atoms with Crippen molar-refractivity contribution in [3.05, 3.63) is 12.2 Å². The van der Waals surface area contributed by atoms with E-state index in [2.05, 4.69) is 35.3 Å². The molecule has 0 spiro atoms. The molecule has 10 nitrogen and oxygen atoms in total. The van der Waals surface area contributed by atoms with Crippen LogP contribution in [0.15, 0.2) is 11.3 Å². The minimum absolute atomic E-state index is 0.00848. The molecule has 2 saturated heterocycles. The number of carbonyl (C=O) groups is 1. The fraction of sp³-hybridized carbons (Fsp3) is 0.789. The molecule has 0 unspecified atom stereocenters. The number of amides is 1. The van der Waals surface area contributed by atoms with Crippen molar-refractivity contribution >= 4 is 11.9 Å². The average Bonchev–Trinajstić information content (AvgIpc) is 3.29. The van der Waals surface area contributed by atoms with E-state index in [-0.39, 0.29) is 12.5 Å². The Labute approximate surface area is 172 Å². The summed E-state index contributed by atoms with van der Waals surface area (Å²) in [5.41, 5.74) is 0. The van der Waals surface area contributed by atoms with Gasteiger partial charge in [-0.1, -0.05) is 0 Å². The number of guanidine groups is 1. The standard InChI is InChI=1S/C19H34N8O2/c1-25(2)17(28)14-21-19(20-6-3-7-26-10-12-29-13-11-26)27-8-4-16(5-9-27)18-22-15-23-24-18/h15-16H,3-14H2,1-2H3,(H,20,21)(H,22,23,24). The first kappa shape index (κ1) is 21.5. The van der Waals surface area contributed by atoms with Crippen LogP contribution in [0.4, 0.5) is 0 Å². The van der Waals surface area contributed by atoms with Gasteiger partial charge in [0.25, 0.3) is 0 Å². The van der Waals surface area contributed by atoms with Gasteiger partial charge in [-0.3, -0.25) is 14.8 Å². The molecule has 1 amide bonds. The fourth-order valence-corrected chi connectivity index (χ4v) is 3.66. The maximum Gasteiger partial charge on any atom is 0.243 e. The molecule has 3 rings (SSSR count). The van der Waals surface area contributed by atoms with Crippen molar-refractivity contribution in [2.24, 2.45) is 4.99 Å². The highest BCUT2D eigenvalue weighted by Gasteiger charge is 2.24. The highest BCUT2D eigenvalue weighted by atomic mass is 16.5. The minimum atomic E-state index is 0.00848. The van der Waals surface area contributed by atoms with E-state index in [0.717, 1.165) is 83.5 Å². The van der Waals surface area contributed by atoms with Gasteiger partial charge in [0.2, 0.25) is 5.91 Å². The molecular formula is C19H34N8O2. The van der Waals surface area contributed by atoms with Gasteiger partial charge >= 0.3 is 0 Å². The number of likely N-dealkylation sites (tertiary alicyclic amines) is 1. The van der Waals surface area contributed by atoms with Gasteiger partial charge < -0.3 is 19.9 Å². The highest BCUT2D eigenvalue weighted by Crippen LogP contribution is 2.24. The summed E-state index contributed by atoms with van der Waals surface area (Å²) in [6, 6.07) is 0. The van der Waals surface area contributed by atoms with Gasteiger partial charge in [0.1, 0.15) is 18.7 Å². The lowest BCUT2D eigenvalue weighted by atomic mass is 9.96. The van der Waals surface area contributed by atoms with Crippen molar-refractivity contribution in [1.29, 1.82) is 0 Å². The van der Waals surface area contributed by atoms with Crippen molar-refractivity contribution < 1.29 is 9.53 Å². The van der Waals surface area contributed by atoms with Crippen molar-refractivity contribution in [3.63, 3.8) is 0 Å². The molecule has 29 heavy (non-hydrogen) atoms. The largest absolute Gasteiger partial charge is 0.379 e. The number of rotatable bonds is 7. The van der Waals surface area contributed by atoms with Crippen LogP contribution in [0.25, 0.3) is 0 Å². The fourth-order valence-electron chi connectivity index (χ4n) is 3.66. The van der Waals surface area contributed by atoms with Crippen molar-refractivity contribution in [1.82, 2.24) is 35.2 Å². The molecule has 1 aromatic heterocycles. The second-order valence-corrected chi connectivity index (χ2v) is 7.79. The second kappa shape index (κ2) is 11.1. The zero-order chi connectivity index (χ0) is 20.5. The minimum Gasteiger partial charge on any atom is -0.379 e. The molecule has 2 fully saturated rings. The maximum absolute atomic E-state index is 12.0. The summed E-state index contributed by atoms with van der Waals surface area (Å²) in [6.45, 7) is 7.50. The van der Waals surface area contributed by atoms with E-state index in [4.69, 9.17) is 4.74 Å². The Kier molecular flexibility index (Phi) is 8.24. The number of piperidine rings is 1. The third kappa shape index (κ3) is 6.67. The van der Waals surface area contributed by atoms with Gasteiger partial charge in [0, 0.05) is 52.7 Å². The molecular weight excluding hydrogens is 372 g/mol. The first-order valence-corrected chi connectivity index (χ1v) is 10.5. The Hall–Kier alpha value is -2.20. The molecule has 0 aromatic carbocycles. The smallest absolute Gasteiger partial charge is 0.243 e. The lowest BCUT2D eigenvalue weighted by molar-refractivity contribution is -0.127. The first-order chi connectivity index (χ1) is 14.1. The van der Waals surface area contributed by atoms with E-state index in [1.54, 1.807) is 25.3 Å². The number of morpholine rings is 1. The van der Waals surface area contributed by atoms with Crippen LogP contribution in [0.2, 0.25) is 0 Å². The van der Waals surface area contributed by atoms with E-state index in [1.807, 2.05) is 0 Å². The summed E-state index contributed by atoms with van der Waals surface area (Å²) in [5, 5.41) is 10.4. The van der Waals surface area contributed by atoms with Crippen LogP contribution in [-0.4, -0.2) is 115 Å². The number of ether oxygens (including phenoxy) is 1. The Bertz CT molecular complexity index is 635. The van der Waals surface area contributed by atoms with Gasteiger partial charge in [-0.25, -0.2) is 9.98 Å². The quantitative estimate of drug-likeness (QED) is 0.365. The monoisotopic (exact) mass is 406 g/mol. The molecule has 3 heterocycles. The summed E-state index contributed by atoms with van der Waals surface area (Å²) in [4.78, 5) is 27.2. The molecule has 0 bridgehead atoms. The number of carbonyl (C=O) groups excluding carboxylic acids is 1. The van der Waals surface area contributed by atoms with E-state index in [1.165, 1.54) is 0 Å². The normalized spacial score (nSPS) is 19.4. The lowest BCUT2D eigenvalue weighted by Crippen LogP contribution is -2.46. The topological polar surface area (TPSA) is 102 Å². The molecule has 0 saturated carbocycles. The first-order valence-electron chi connectivity index (χ1n) is 10.5. The number of hydrogen-bond acceptors (Lipinski definition) is 6. The molecule has 0 aliphatic carbocycles. The summed E-state index contributed by atoms with van der Waals surface area (Å²) in [6.07, 6.45) is 4.59. The van der Waals surface area contributed by atoms with Crippen molar-refractivity contribution in [3.8, 4) is 0 Å². The molecule has 2 aliphatic heterocycles. The van der Waals surface area contributed by atoms with Crippen LogP contribution in [0.5, 0.6) is 0 Å². The van der Waals surface area contributed by atoms with Crippen LogP contribution in [0.1, 0.15) is 31.0 Å². The number of aromatic amines is 1. The van der Waals surface area contributed by atoms with Gasteiger partial charge in [-0.05, 0) is 25.8 Å². The van der Waals surface area contributed by atoms with E-state index < -0.39 is 0 Å². The Balaban J connectivity index is 1.50. The van der Waals surface area contributed by atoms with Crippen molar-refractivity contribution in [2.45, 2.75) is 25.2 Å². The summed E-state index contributed by atoms with van der Waals surface area (Å²) < 4.78 is 5.40. The van der Waals surface area contributed by atoms with Crippen LogP contribution < -0.4 is 5.32 Å². The molecule has 0 radical (unpaired) electrons. The molecule has 2 N–H and O–H groups in total. The van der Waals surface area contributed by atoms with Crippen LogP contribution in [0, 0.1) is 0 Å². The lowest BCUT2D eigenvalue weighted by Gasteiger charge is -2.34. The SMILES string of the molecule is CN(C)C(=O)CN=C(NCCCN1CCOCC1)N1CCC(c2ncn[nH]2)CC1. The molecule has 10 heteroatoms. The van der Waals surface area contributed by atoms with Gasteiger partial charge in [0.15, 0.2) is 5.96 Å². The van der Waals surface area contributed by atoms with Crippen LogP contribution in [-0.2, 0) is 9.53 Å². The number of aliphatic imine (C=N–C) groups is 1. The van der Waals surface area contributed by atoms with E-state index in [9.17, 15) is 4.79 Å². The Morgan fingerprint density at radius 1 is 1.31 bits per heavy atom. The Morgan fingerprint density at radius 3 is 2.72 bits per heavy atom. The van der Waals surface area contributed by atoms with Crippen molar-refractivity contribution in [2.75, 3.05) is 73.1 Å². The predicted molar refractivity (Wildman–Crippen MR) is 111 cm³/mol. The third-order valence-corrected chi connectivity index (χ3v) is 5.52. The van der Waals surface area contributed by atoms with E-state index >= 15 is 0 Å². The second-order valence-electron chi connectivity index (χ2n) is 7.79. The number of nitrogens with zero attached hydrogens (tertiary/aromatic N) is 6.